The number of carbonyl (C=O) groups is 2. The number of amides is 1. The van der Waals surface area contributed by atoms with Gasteiger partial charge in [-0.2, -0.15) is 0 Å². The predicted molar refractivity (Wildman–Crippen MR) is 103 cm³/mol. The van der Waals surface area contributed by atoms with Gasteiger partial charge in [-0.1, -0.05) is 29.8 Å². The van der Waals surface area contributed by atoms with Crippen LogP contribution in [0, 0.1) is 11.6 Å². The largest absolute Gasteiger partial charge is 0.478 e. The second-order valence-electron chi connectivity index (χ2n) is 7.12. The van der Waals surface area contributed by atoms with Gasteiger partial charge in [0.15, 0.2) is 0 Å². The summed E-state index contributed by atoms with van der Waals surface area (Å²) in [6.45, 7) is 2.03. The molecule has 0 saturated heterocycles. The minimum absolute atomic E-state index is 0.157. The van der Waals surface area contributed by atoms with Gasteiger partial charge in [0, 0.05) is 25.6 Å². The van der Waals surface area contributed by atoms with E-state index in [2.05, 4.69) is 0 Å². The maximum Gasteiger partial charge on any atom is 0.348 e. The molecule has 0 aliphatic carbocycles. The quantitative estimate of drug-likeness (QED) is 0.742. The van der Waals surface area contributed by atoms with Crippen LogP contribution in [-0.2, 0) is 4.79 Å². The third kappa shape index (κ3) is 4.80. The number of rotatable bonds is 6. The van der Waals surface area contributed by atoms with Crippen LogP contribution in [0.15, 0.2) is 60.2 Å². The highest BCUT2D eigenvalue weighted by molar-refractivity contribution is 5.94. The van der Waals surface area contributed by atoms with Gasteiger partial charge in [0.2, 0.25) is 5.60 Å². The Balaban J connectivity index is 1.69. The van der Waals surface area contributed by atoms with Crippen LogP contribution in [0.5, 0.6) is 5.75 Å². The fraction of sp³-hybridized carbons (Fsp3) is 0.273. The summed E-state index contributed by atoms with van der Waals surface area (Å²) in [6.07, 6.45) is 2.36. The Morgan fingerprint density at radius 1 is 1.17 bits per heavy atom. The Kier molecular flexibility index (Phi) is 5.96. The van der Waals surface area contributed by atoms with Crippen LogP contribution in [0.1, 0.15) is 30.1 Å². The highest BCUT2D eigenvalue weighted by atomic mass is 19.1. The van der Waals surface area contributed by atoms with Crippen molar-refractivity contribution in [2.75, 3.05) is 13.1 Å². The van der Waals surface area contributed by atoms with Crippen molar-refractivity contribution < 1.29 is 28.2 Å². The molecule has 0 spiro atoms. The average molecular weight is 401 g/mol. The van der Waals surface area contributed by atoms with E-state index in [0.717, 1.165) is 17.7 Å². The van der Waals surface area contributed by atoms with Crippen LogP contribution in [0.2, 0.25) is 0 Å². The fourth-order valence-electron chi connectivity index (χ4n) is 3.23. The van der Waals surface area contributed by atoms with Crippen molar-refractivity contribution in [3.63, 3.8) is 0 Å². The van der Waals surface area contributed by atoms with Gasteiger partial charge >= 0.3 is 5.97 Å². The molecular formula is C22H21F2NO4. The number of ether oxygens (including phenoxy) is 1. The first-order chi connectivity index (χ1) is 13.8. The maximum atomic E-state index is 13.9. The molecule has 2 aromatic rings. The van der Waals surface area contributed by atoms with Gasteiger partial charge in [0.1, 0.15) is 17.4 Å². The maximum absolute atomic E-state index is 13.9. The van der Waals surface area contributed by atoms with E-state index in [1.54, 1.807) is 30.3 Å². The van der Waals surface area contributed by atoms with Gasteiger partial charge in [-0.15, -0.1) is 0 Å². The van der Waals surface area contributed by atoms with Crippen molar-refractivity contribution in [2.24, 2.45) is 0 Å². The zero-order chi connectivity index (χ0) is 21.0. The number of carboxylic acid groups (broad SMARTS) is 1. The SMILES string of the molecule is CC(CC1=CCN(C(=O)c2ccc(F)cc2F)CC1)(Oc1ccccc1)C(=O)O. The molecule has 29 heavy (non-hydrogen) atoms. The normalized spacial score (nSPS) is 16.0. The van der Waals surface area contributed by atoms with E-state index < -0.39 is 29.1 Å². The third-order valence-corrected chi connectivity index (χ3v) is 4.86. The molecular weight excluding hydrogens is 380 g/mol. The number of carbonyl (C=O) groups excluding carboxylic acids is 1. The minimum Gasteiger partial charge on any atom is -0.478 e. The summed E-state index contributed by atoms with van der Waals surface area (Å²) < 4.78 is 32.6. The predicted octanol–water partition coefficient (Wildman–Crippen LogP) is 4.05. The molecule has 0 bridgehead atoms. The summed E-state index contributed by atoms with van der Waals surface area (Å²) in [5.74, 6) is -2.81. The zero-order valence-corrected chi connectivity index (χ0v) is 15.9. The van der Waals surface area contributed by atoms with Crippen LogP contribution in [-0.4, -0.2) is 40.6 Å². The zero-order valence-electron chi connectivity index (χ0n) is 15.9. The van der Waals surface area contributed by atoms with Crippen molar-refractivity contribution >= 4 is 11.9 Å². The Hall–Kier alpha value is -3.22. The molecule has 152 valence electrons. The lowest BCUT2D eigenvalue weighted by Crippen LogP contribution is -2.43. The average Bonchev–Trinajstić information content (AvgIpc) is 2.69. The van der Waals surface area contributed by atoms with Gasteiger partial charge in [-0.3, -0.25) is 4.79 Å². The Bertz CT molecular complexity index is 945. The molecule has 1 amide bonds. The van der Waals surface area contributed by atoms with E-state index in [1.165, 1.54) is 11.8 Å². The molecule has 0 aromatic heterocycles. The molecule has 1 heterocycles. The number of halogens is 2. The molecule has 2 aromatic carbocycles. The lowest BCUT2D eigenvalue weighted by Gasteiger charge is -2.31. The van der Waals surface area contributed by atoms with Crippen LogP contribution < -0.4 is 4.74 Å². The second kappa shape index (κ2) is 8.43. The summed E-state index contributed by atoms with van der Waals surface area (Å²) in [6, 6.07) is 11.6. The first-order valence-corrected chi connectivity index (χ1v) is 9.18. The van der Waals surface area contributed by atoms with E-state index in [9.17, 15) is 23.5 Å². The molecule has 1 atom stereocenters. The summed E-state index contributed by atoms with van der Waals surface area (Å²) in [5, 5.41) is 9.68. The number of hydrogen-bond acceptors (Lipinski definition) is 3. The van der Waals surface area contributed by atoms with E-state index >= 15 is 0 Å². The van der Waals surface area contributed by atoms with Crippen molar-refractivity contribution in [1.29, 1.82) is 0 Å². The van der Waals surface area contributed by atoms with E-state index in [4.69, 9.17) is 4.74 Å². The molecule has 0 saturated carbocycles. The summed E-state index contributed by atoms with van der Waals surface area (Å²) in [5.41, 5.74) is -0.803. The van der Waals surface area contributed by atoms with Gasteiger partial charge < -0.3 is 14.7 Å². The van der Waals surface area contributed by atoms with Crippen LogP contribution in [0.4, 0.5) is 8.78 Å². The first-order valence-electron chi connectivity index (χ1n) is 9.18. The van der Waals surface area contributed by atoms with E-state index in [0.29, 0.717) is 24.8 Å². The molecule has 3 rings (SSSR count). The van der Waals surface area contributed by atoms with Gasteiger partial charge in [-0.25, -0.2) is 13.6 Å². The molecule has 1 N–H and O–H groups in total. The van der Waals surface area contributed by atoms with Gasteiger partial charge in [0.25, 0.3) is 5.91 Å². The molecule has 1 unspecified atom stereocenters. The highest BCUT2D eigenvalue weighted by Crippen LogP contribution is 2.28. The van der Waals surface area contributed by atoms with E-state index in [-0.39, 0.29) is 18.5 Å². The highest BCUT2D eigenvalue weighted by Gasteiger charge is 2.37. The number of carboxylic acids is 1. The topological polar surface area (TPSA) is 66.8 Å². The summed E-state index contributed by atoms with van der Waals surface area (Å²) in [4.78, 5) is 25.8. The van der Waals surface area contributed by atoms with Gasteiger partial charge in [-0.05, 0) is 37.6 Å². The minimum atomic E-state index is -1.46. The number of hydrogen-bond donors (Lipinski definition) is 1. The summed E-state index contributed by atoms with van der Waals surface area (Å²) >= 11 is 0. The van der Waals surface area contributed by atoms with Crippen molar-refractivity contribution in [1.82, 2.24) is 4.90 Å². The lowest BCUT2D eigenvalue weighted by atomic mass is 9.92. The Labute approximate surface area is 167 Å². The molecule has 0 fully saturated rings. The molecule has 1 aliphatic heterocycles. The number of para-hydroxylation sites is 1. The molecule has 0 radical (unpaired) electrons. The van der Waals surface area contributed by atoms with Crippen molar-refractivity contribution in [3.8, 4) is 5.75 Å². The monoisotopic (exact) mass is 401 g/mol. The van der Waals surface area contributed by atoms with E-state index in [1.807, 2.05) is 6.07 Å². The molecule has 7 heteroatoms. The first kappa shape index (κ1) is 20.5. The van der Waals surface area contributed by atoms with Crippen LogP contribution >= 0.6 is 0 Å². The standard InChI is InChI=1S/C22H21F2NO4/c1-22(21(27)28,29-17-5-3-2-4-6-17)14-15-9-11-25(12-10-15)20(26)18-8-7-16(23)13-19(18)24/h2-9,13H,10-12,14H2,1H3,(H,27,28). The number of aliphatic carboxylic acids is 1. The van der Waals surface area contributed by atoms with Gasteiger partial charge in [0.05, 0.1) is 5.56 Å². The second-order valence-corrected chi connectivity index (χ2v) is 7.12. The Morgan fingerprint density at radius 2 is 1.90 bits per heavy atom. The third-order valence-electron chi connectivity index (χ3n) is 4.86. The number of nitrogens with zero attached hydrogens (tertiary/aromatic N) is 1. The van der Waals surface area contributed by atoms with Crippen LogP contribution in [0.3, 0.4) is 0 Å². The fourth-order valence-corrected chi connectivity index (χ4v) is 3.23. The van der Waals surface area contributed by atoms with Crippen molar-refractivity contribution in [2.45, 2.75) is 25.4 Å². The summed E-state index contributed by atoms with van der Waals surface area (Å²) in [7, 11) is 0. The number of benzene rings is 2. The lowest BCUT2D eigenvalue weighted by molar-refractivity contribution is -0.153. The smallest absolute Gasteiger partial charge is 0.348 e. The Morgan fingerprint density at radius 3 is 2.48 bits per heavy atom. The molecule has 5 nitrogen and oxygen atoms in total. The van der Waals surface area contributed by atoms with Crippen LogP contribution in [0.25, 0.3) is 0 Å². The molecule has 1 aliphatic rings. The van der Waals surface area contributed by atoms with Crippen molar-refractivity contribution in [3.05, 3.63) is 77.4 Å².